The Hall–Kier alpha value is -2.41. The highest BCUT2D eigenvalue weighted by Gasteiger charge is 2.30. The Labute approximate surface area is 198 Å². The molecule has 0 aliphatic heterocycles. The Bertz CT molecular complexity index is 823. The molecule has 1 aliphatic rings. The van der Waals surface area contributed by atoms with Crippen LogP contribution in [0.15, 0.2) is 53.3 Å². The van der Waals surface area contributed by atoms with Gasteiger partial charge in [-0.1, -0.05) is 38.1 Å². The lowest BCUT2D eigenvalue weighted by molar-refractivity contribution is -0.104. The van der Waals surface area contributed by atoms with E-state index in [4.69, 9.17) is 18.9 Å². The third-order valence-corrected chi connectivity index (χ3v) is 5.55. The molecule has 1 aromatic rings. The fourth-order valence-corrected chi connectivity index (χ4v) is 4.00. The van der Waals surface area contributed by atoms with Crippen LogP contribution < -0.4 is 4.90 Å². The monoisotopic (exact) mass is 457 g/mol. The highest BCUT2D eigenvalue weighted by molar-refractivity contribution is 5.69. The van der Waals surface area contributed by atoms with Gasteiger partial charge in [0.15, 0.2) is 0 Å². The summed E-state index contributed by atoms with van der Waals surface area (Å²) in [7, 11) is 3.28. The van der Waals surface area contributed by atoms with Gasteiger partial charge in [0.05, 0.1) is 13.2 Å². The van der Waals surface area contributed by atoms with Crippen LogP contribution in [0.1, 0.15) is 39.2 Å². The van der Waals surface area contributed by atoms with E-state index in [2.05, 4.69) is 62.1 Å². The number of nitrogens with zero attached hydrogens (tertiary/aromatic N) is 1. The third-order valence-electron chi connectivity index (χ3n) is 5.55. The molecule has 0 fully saturated rings. The maximum atomic E-state index is 11.2. The van der Waals surface area contributed by atoms with Crippen molar-refractivity contribution in [3.8, 4) is 0 Å². The van der Waals surface area contributed by atoms with Crippen LogP contribution in [0.25, 0.3) is 6.08 Å². The summed E-state index contributed by atoms with van der Waals surface area (Å²) < 4.78 is 21.6. The van der Waals surface area contributed by atoms with E-state index in [1.807, 2.05) is 0 Å². The van der Waals surface area contributed by atoms with Crippen molar-refractivity contribution in [3.05, 3.63) is 58.9 Å². The summed E-state index contributed by atoms with van der Waals surface area (Å²) in [4.78, 5) is 13.5. The number of aldehydes is 1. The summed E-state index contributed by atoms with van der Waals surface area (Å²) >= 11 is 0. The molecule has 0 radical (unpaired) electrons. The number of allylic oxidation sites excluding steroid dienone is 4. The van der Waals surface area contributed by atoms with Crippen molar-refractivity contribution in [2.24, 2.45) is 5.41 Å². The molecule has 0 spiro atoms. The van der Waals surface area contributed by atoms with Crippen LogP contribution in [0.4, 0.5) is 5.69 Å². The molecule has 0 saturated carbocycles. The SMILES string of the molecule is CCN(CCOCOC)c1ccc(/C=C/C2=C(OCCOC)C(=C/C=O)/CC(C)(C)C2)cc1. The van der Waals surface area contributed by atoms with Crippen LogP contribution in [-0.2, 0) is 23.7 Å². The normalized spacial score (nSPS) is 17.1. The van der Waals surface area contributed by atoms with E-state index in [9.17, 15) is 4.79 Å². The Morgan fingerprint density at radius 3 is 2.39 bits per heavy atom. The fraction of sp³-hybridized carbons (Fsp3) is 0.519. The Morgan fingerprint density at radius 2 is 1.76 bits per heavy atom. The van der Waals surface area contributed by atoms with Gasteiger partial charge < -0.3 is 23.8 Å². The van der Waals surface area contributed by atoms with Gasteiger partial charge in [-0.15, -0.1) is 0 Å². The minimum Gasteiger partial charge on any atom is -0.491 e. The summed E-state index contributed by atoms with van der Waals surface area (Å²) in [5.74, 6) is 0.805. The molecular formula is C27H39NO5. The zero-order valence-corrected chi connectivity index (χ0v) is 20.8. The molecule has 6 heteroatoms. The lowest BCUT2D eigenvalue weighted by atomic mass is 9.74. The molecule has 1 aliphatic carbocycles. The van der Waals surface area contributed by atoms with Crippen molar-refractivity contribution in [2.45, 2.75) is 33.6 Å². The predicted molar refractivity (Wildman–Crippen MR) is 133 cm³/mol. The second kappa shape index (κ2) is 14.0. The quantitative estimate of drug-likeness (QED) is 0.169. The van der Waals surface area contributed by atoms with Crippen molar-refractivity contribution in [2.75, 3.05) is 58.8 Å². The third kappa shape index (κ3) is 8.80. The van der Waals surface area contributed by atoms with Gasteiger partial charge in [-0.3, -0.25) is 4.79 Å². The molecule has 0 N–H and O–H groups in total. The molecule has 182 valence electrons. The van der Waals surface area contributed by atoms with E-state index in [1.165, 1.54) is 0 Å². The van der Waals surface area contributed by atoms with Crippen LogP contribution in [-0.4, -0.2) is 60.2 Å². The molecule has 0 atom stereocenters. The number of anilines is 1. The highest BCUT2D eigenvalue weighted by Crippen LogP contribution is 2.42. The number of likely N-dealkylation sites (N-methyl/N-ethyl adjacent to an activating group) is 1. The topological polar surface area (TPSA) is 57.2 Å². The number of hydrogen-bond donors (Lipinski definition) is 0. The molecule has 0 aromatic heterocycles. The molecule has 1 aromatic carbocycles. The van der Waals surface area contributed by atoms with Gasteiger partial charge >= 0.3 is 0 Å². The molecule has 0 amide bonds. The number of carbonyl (C=O) groups is 1. The van der Waals surface area contributed by atoms with E-state index >= 15 is 0 Å². The van der Waals surface area contributed by atoms with Crippen molar-refractivity contribution in [1.29, 1.82) is 0 Å². The largest absolute Gasteiger partial charge is 0.491 e. The van der Waals surface area contributed by atoms with Crippen LogP contribution in [0.5, 0.6) is 0 Å². The Balaban J connectivity index is 2.19. The second-order valence-electron chi connectivity index (χ2n) is 8.86. The zero-order chi connectivity index (χ0) is 24.1. The Morgan fingerprint density at radius 1 is 1.00 bits per heavy atom. The maximum absolute atomic E-state index is 11.2. The van der Waals surface area contributed by atoms with Gasteiger partial charge in [-0.05, 0) is 60.1 Å². The fourth-order valence-electron chi connectivity index (χ4n) is 4.00. The van der Waals surface area contributed by atoms with Gasteiger partial charge in [-0.25, -0.2) is 0 Å². The summed E-state index contributed by atoms with van der Waals surface area (Å²) in [5, 5.41) is 0. The lowest BCUT2D eigenvalue weighted by Crippen LogP contribution is -2.27. The van der Waals surface area contributed by atoms with E-state index in [0.29, 0.717) is 26.6 Å². The second-order valence-corrected chi connectivity index (χ2v) is 8.86. The number of hydrogen-bond acceptors (Lipinski definition) is 6. The van der Waals surface area contributed by atoms with E-state index in [-0.39, 0.29) is 5.41 Å². The first-order valence-corrected chi connectivity index (χ1v) is 11.5. The first-order chi connectivity index (χ1) is 15.9. The Kier molecular flexibility index (Phi) is 11.4. The summed E-state index contributed by atoms with van der Waals surface area (Å²) in [6.07, 6.45) is 8.38. The zero-order valence-electron chi connectivity index (χ0n) is 20.8. The van der Waals surface area contributed by atoms with Gasteiger partial charge in [0.2, 0.25) is 0 Å². The standard InChI is InChI=1S/C27H39NO5/c1-6-28(14-16-32-21-31-5)25-11-8-22(9-12-25)7-10-23-19-27(2,3)20-24(13-15-29)26(23)33-18-17-30-4/h7-13,15H,6,14,16-21H2,1-5H3/b10-7+,24-13+. The molecule has 0 unspecified atom stereocenters. The van der Waals surface area contributed by atoms with Crippen molar-refractivity contribution < 1.29 is 23.7 Å². The van der Waals surface area contributed by atoms with Crippen LogP contribution in [0.3, 0.4) is 0 Å². The first kappa shape index (κ1) is 26.8. The molecule has 33 heavy (non-hydrogen) atoms. The van der Waals surface area contributed by atoms with E-state index in [0.717, 1.165) is 60.4 Å². The molecular weight excluding hydrogens is 418 g/mol. The minimum absolute atomic E-state index is 0.0546. The minimum atomic E-state index is 0.0546. The maximum Gasteiger partial charge on any atom is 0.146 e. The summed E-state index contributed by atoms with van der Waals surface area (Å²) in [6.45, 7) is 10.2. The van der Waals surface area contributed by atoms with Gasteiger partial charge in [0, 0.05) is 33.0 Å². The molecule has 0 bridgehead atoms. The first-order valence-electron chi connectivity index (χ1n) is 11.5. The van der Waals surface area contributed by atoms with Crippen LogP contribution in [0, 0.1) is 5.41 Å². The number of methoxy groups -OCH3 is 2. The van der Waals surface area contributed by atoms with Gasteiger partial charge in [0.1, 0.15) is 25.4 Å². The summed E-state index contributed by atoms with van der Waals surface area (Å²) in [6, 6.07) is 8.50. The van der Waals surface area contributed by atoms with Crippen LogP contribution in [0.2, 0.25) is 0 Å². The number of benzene rings is 1. The average Bonchev–Trinajstić information content (AvgIpc) is 2.79. The highest BCUT2D eigenvalue weighted by atomic mass is 16.7. The molecule has 6 nitrogen and oxygen atoms in total. The smallest absolute Gasteiger partial charge is 0.146 e. The van der Waals surface area contributed by atoms with Gasteiger partial charge in [-0.2, -0.15) is 0 Å². The van der Waals surface area contributed by atoms with Crippen molar-refractivity contribution >= 4 is 18.0 Å². The van der Waals surface area contributed by atoms with Crippen LogP contribution >= 0.6 is 0 Å². The summed E-state index contributed by atoms with van der Waals surface area (Å²) in [5.41, 5.74) is 4.37. The number of ether oxygens (including phenoxy) is 4. The van der Waals surface area contributed by atoms with E-state index < -0.39 is 0 Å². The molecule has 2 rings (SSSR count). The van der Waals surface area contributed by atoms with Crippen molar-refractivity contribution in [3.63, 3.8) is 0 Å². The van der Waals surface area contributed by atoms with Gasteiger partial charge in [0.25, 0.3) is 0 Å². The lowest BCUT2D eigenvalue weighted by Gasteiger charge is -2.33. The average molecular weight is 458 g/mol. The number of rotatable bonds is 14. The molecule has 0 heterocycles. The van der Waals surface area contributed by atoms with E-state index in [1.54, 1.807) is 20.3 Å². The predicted octanol–water partition coefficient (Wildman–Crippen LogP) is 5.01. The molecule has 0 saturated heterocycles. The number of carbonyl (C=O) groups excluding carboxylic acids is 1. The van der Waals surface area contributed by atoms with Crippen molar-refractivity contribution in [1.82, 2.24) is 0 Å².